The van der Waals surface area contributed by atoms with Gasteiger partial charge in [-0.2, -0.15) is 0 Å². The number of rotatable bonds is 4. The molecule has 1 aliphatic carbocycles. The predicted octanol–water partition coefficient (Wildman–Crippen LogP) is 2.77. The lowest BCUT2D eigenvalue weighted by atomic mass is 10.0. The number of pyridine rings is 1. The number of benzene rings is 1. The molecule has 3 nitrogen and oxygen atoms in total. The van der Waals surface area contributed by atoms with Crippen molar-refractivity contribution in [3.05, 3.63) is 42.1 Å². The van der Waals surface area contributed by atoms with Crippen LogP contribution in [0.1, 0.15) is 37.3 Å². The minimum Gasteiger partial charge on any atom is -0.329 e. The van der Waals surface area contributed by atoms with Crippen molar-refractivity contribution in [2.24, 2.45) is 5.73 Å². The molecule has 0 bridgehead atoms. The van der Waals surface area contributed by atoms with Gasteiger partial charge in [-0.25, -0.2) is 0 Å². The van der Waals surface area contributed by atoms with Crippen molar-refractivity contribution >= 4 is 10.9 Å². The van der Waals surface area contributed by atoms with Crippen molar-refractivity contribution < 1.29 is 0 Å². The summed E-state index contributed by atoms with van der Waals surface area (Å²) in [6.45, 7) is 0.641. The van der Waals surface area contributed by atoms with E-state index in [4.69, 9.17) is 5.73 Å². The smallest absolute Gasteiger partial charge is 0.0702 e. The number of aromatic nitrogens is 1. The molecule has 1 saturated carbocycles. The Hall–Kier alpha value is -1.45. The molecule has 2 aromatic rings. The van der Waals surface area contributed by atoms with Gasteiger partial charge in [-0.1, -0.05) is 25.0 Å². The molecule has 1 aromatic heterocycles. The summed E-state index contributed by atoms with van der Waals surface area (Å²) in [5.41, 5.74) is 8.27. The standard InChI is InChI=1S/C16H21N3/c17-11-16(19-14-5-1-2-6-14)13-7-8-15-12(10-13)4-3-9-18-15/h3-4,7-10,14,16,19H,1-2,5-6,11,17H2. The molecule has 1 aromatic carbocycles. The van der Waals surface area contributed by atoms with Gasteiger partial charge in [-0.05, 0) is 36.6 Å². The lowest BCUT2D eigenvalue weighted by molar-refractivity contribution is 0.445. The van der Waals surface area contributed by atoms with Crippen molar-refractivity contribution in [3.8, 4) is 0 Å². The number of nitrogens with zero attached hydrogens (tertiary/aromatic N) is 1. The SMILES string of the molecule is NCC(NC1CCCC1)c1ccc2ncccc2c1. The molecular formula is C16H21N3. The summed E-state index contributed by atoms with van der Waals surface area (Å²) in [5, 5.41) is 4.89. The number of nitrogens with one attached hydrogen (secondary N) is 1. The van der Waals surface area contributed by atoms with Crippen LogP contribution < -0.4 is 11.1 Å². The maximum absolute atomic E-state index is 5.95. The lowest BCUT2D eigenvalue weighted by Gasteiger charge is -2.22. The van der Waals surface area contributed by atoms with Gasteiger partial charge in [0.15, 0.2) is 0 Å². The van der Waals surface area contributed by atoms with Gasteiger partial charge in [0.2, 0.25) is 0 Å². The molecular weight excluding hydrogens is 234 g/mol. The highest BCUT2D eigenvalue weighted by Gasteiger charge is 2.19. The van der Waals surface area contributed by atoms with Crippen molar-refractivity contribution in [3.63, 3.8) is 0 Å². The minimum atomic E-state index is 0.257. The van der Waals surface area contributed by atoms with E-state index in [1.165, 1.54) is 36.6 Å². The van der Waals surface area contributed by atoms with Gasteiger partial charge >= 0.3 is 0 Å². The van der Waals surface area contributed by atoms with Crippen molar-refractivity contribution in [1.82, 2.24) is 10.3 Å². The quantitative estimate of drug-likeness (QED) is 0.883. The summed E-state index contributed by atoms with van der Waals surface area (Å²) < 4.78 is 0. The summed E-state index contributed by atoms with van der Waals surface area (Å²) >= 11 is 0. The molecule has 1 aliphatic rings. The Balaban J connectivity index is 1.83. The second-order valence-corrected chi connectivity index (χ2v) is 5.39. The zero-order valence-electron chi connectivity index (χ0n) is 11.2. The zero-order chi connectivity index (χ0) is 13.1. The van der Waals surface area contributed by atoms with E-state index < -0.39 is 0 Å². The Morgan fingerprint density at radius 2 is 2.11 bits per heavy atom. The van der Waals surface area contributed by atoms with Crippen LogP contribution in [0.15, 0.2) is 36.5 Å². The molecule has 0 aliphatic heterocycles. The number of hydrogen-bond acceptors (Lipinski definition) is 3. The van der Waals surface area contributed by atoms with E-state index in [0.29, 0.717) is 12.6 Å². The molecule has 0 radical (unpaired) electrons. The first-order valence-electron chi connectivity index (χ1n) is 7.17. The van der Waals surface area contributed by atoms with Crippen LogP contribution in [-0.2, 0) is 0 Å². The molecule has 0 spiro atoms. The Bertz CT molecular complexity index is 546. The molecule has 1 atom stereocenters. The average molecular weight is 255 g/mol. The number of nitrogens with two attached hydrogens (primary N) is 1. The van der Waals surface area contributed by atoms with Crippen LogP contribution in [0.2, 0.25) is 0 Å². The summed E-state index contributed by atoms with van der Waals surface area (Å²) in [7, 11) is 0. The van der Waals surface area contributed by atoms with Gasteiger partial charge in [0.05, 0.1) is 5.52 Å². The zero-order valence-corrected chi connectivity index (χ0v) is 11.2. The molecule has 1 unspecified atom stereocenters. The molecule has 1 fully saturated rings. The highest BCUT2D eigenvalue weighted by molar-refractivity contribution is 5.79. The molecule has 3 rings (SSSR count). The van der Waals surface area contributed by atoms with Crippen LogP contribution in [0.4, 0.5) is 0 Å². The monoisotopic (exact) mass is 255 g/mol. The van der Waals surface area contributed by atoms with Crippen LogP contribution in [0.25, 0.3) is 10.9 Å². The molecule has 0 saturated heterocycles. The van der Waals surface area contributed by atoms with Crippen LogP contribution in [0.5, 0.6) is 0 Å². The first-order valence-corrected chi connectivity index (χ1v) is 7.17. The van der Waals surface area contributed by atoms with Gasteiger partial charge in [0.25, 0.3) is 0 Å². The largest absolute Gasteiger partial charge is 0.329 e. The van der Waals surface area contributed by atoms with Crippen LogP contribution in [-0.4, -0.2) is 17.6 Å². The van der Waals surface area contributed by atoms with E-state index in [9.17, 15) is 0 Å². The fourth-order valence-electron chi connectivity index (χ4n) is 2.99. The normalized spacial score (nSPS) is 17.9. The Labute approximate surface area is 114 Å². The van der Waals surface area contributed by atoms with Crippen LogP contribution in [0, 0.1) is 0 Å². The average Bonchev–Trinajstić information content (AvgIpc) is 2.97. The maximum atomic E-state index is 5.95. The fourth-order valence-corrected chi connectivity index (χ4v) is 2.99. The first kappa shape index (κ1) is 12.6. The summed E-state index contributed by atoms with van der Waals surface area (Å²) in [6, 6.07) is 11.4. The van der Waals surface area contributed by atoms with E-state index in [-0.39, 0.29) is 6.04 Å². The van der Waals surface area contributed by atoms with Gasteiger partial charge in [0.1, 0.15) is 0 Å². The lowest BCUT2D eigenvalue weighted by Crippen LogP contribution is -2.35. The first-order chi connectivity index (χ1) is 9.36. The maximum Gasteiger partial charge on any atom is 0.0702 e. The van der Waals surface area contributed by atoms with Crippen LogP contribution >= 0.6 is 0 Å². The van der Waals surface area contributed by atoms with E-state index in [2.05, 4.69) is 34.6 Å². The number of hydrogen-bond donors (Lipinski definition) is 2. The third-order valence-corrected chi connectivity index (χ3v) is 4.06. The second kappa shape index (κ2) is 5.68. The third kappa shape index (κ3) is 2.77. The summed E-state index contributed by atoms with van der Waals surface area (Å²) in [4.78, 5) is 4.36. The Kier molecular flexibility index (Phi) is 3.76. The number of fused-ring (bicyclic) bond motifs is 1. The molecule has 3 heteroatoms. The van der Waals surface area contributed by atoms with E-state index in [1.807, 2.05) is 12.3 Å². The van der Waals surface area contributed by atoms with Gasteiger partial charge in [0, 0.05) is 30.2 Å². The molecule has 0 amide bonds. The van der Waals surface area contributed by atoms with Gasteiger partial charge in [-0.3, -0.25) is 4.98 Å². The Morgan fingerprint density at radius 3 is 2.89 bits per heavy atom. The molecule has 1 heterocycles. The topological polar surface area (TPSA) is 50.9 Å². The fraction of sp³-hybridized carbons (Fsp3) is 0.438. The summed E-state index contributed by atoms with van der Waals surface area (Å²) in [6.07, 6.45) is 7.09. The molecule has 100 valence electrons. The van der Waals surface area contributed by atoms with Crippen LogP contribution in [0.3, 0.4) is 0 Å². The highest BCUT2D eigenvalue weighted by atomic mass is 15.0. The van der Waals surface area contributed by atoms with E-state index in [0.717, 1.165) is 5.52 Å². The third-order valence-electron chi connectivity index (χ3n) is 4.06. The van der Waals surface area contributed by atoms with E-state index in [1.54, 1.807) is 0 Å². The van der Waals surface area contributed by atoms with Crippen molar-refractivity contribution in [1.29, 1.82) is 0 Å². The van der Waals surface area contributed by atoms with E-state index >= 15 is 0 Å². The molecule has 3 N–H and O–H groups in total. The Morgan fingerprint density at radius 1 is 1.26 bits per heavy atom. The predicted molar refractivity (Wildman–Crippen MR) is 78.9 cm³/mol. The van der Waals surface area contributed by atoms with Crippen molar-refractivity contribution in [2.75, 3.05) is 6.54 Å². The molecule has 19 heavy (non-hydrogen) atoms. The minimum absolute atomic E-state index is 0.257. The summed E-state index contributed by atoms with van der Waals surface area (Å²) in [5.74, 6) is 0. The van der Waals surface area contributed by atoms with Gasteiger partial charge in [-0.15, -0.1) is 0 Å². The highest BCUT2D eigenvalue weighted by Crippen LogP contribution is 2.23. The second-order valence-electron chi connectivity index (χ2n) is 5.39. The van der Waals surface area contributed by atoms with Crippen molar-refractivity contribution in [2.45, 2.75) is 37.8 Å². The van der Waals surface area contributed by atoms with Gasteiger partial charge < -0.3 is 11.1 Å².